The van der Waals surface area contributed by atoms with Crippen molar-refractivity contribution >= 4 is 24.0 Å². The standard InChI is InChI=1S/C20H20N2O3/c1-3-16-14(12-13(2)18(21)23)8-7-11-17(16)20(25,19(22)24)15-9-5-4-6-10-15/h3-12,25H,1H2,2H3,(H2,21,23)(H2,22,24)/b13-12+. The number of benzene rings is 2. The molecule has 0 aliphatic carbocycles. The smallest absolute Gasteiger partial charge is 0.258 e. The highest BCUT2D eigenvalue weighted by Crippen LogP contribution is 2.34. The van der Waals surface area contributed by atoms with Gasteiger partial charge in [0.05, 0.1) is 0 Å². The number of carbonyl (C=O) groups excluding carboxylic acids is 2. The van der Waals surface area contributed by atoms with Crippen molar-refractivity contribution in [3.8, 4) is 0 Å². The summed E-state index contributed by atoms with van der Waals surface area (Å²) in [6.45, 7) is 5.34. The predicted molar refractivity (Wildman–Crippen MR) is 98.0 cm³/mol. The van der Waals surface area contributed by atoms with Crippen LogP contribution >= 0.6 is 0 Å². The van der Waals surface area contributed by atoms with Gasteiger partial charge in [0.1, 0.15) is 0 Å². The number of rotatable bonds is 6. The molecule has 2 aromatic carbocycles. The van der Waals surface area contributed by atoms with E-state index in [0.29, 0.717) is 22.3 Å². The molecule has 0 aromatic heterocycles. The monoisotopic (exact) mass is 336 g/mol. The summed E-state index contributed by atoms with van der Waals surface area (Å²) in [5.74, 6) is -1.47. The van der Waals surface area contributed by atoms with E-state index in [-0.39, 0.29) is 5.56 Å². The first-order valence-electron chi connectivity index (χ1n) is 7.64. The van der Waals surface area contributed by atoms with Crippen molar-refractivity contribution in [2.45, 2.75) is 12.5 Å². The highest BCUT2D eigenvalue weighted by Gasteiger charge is 2.39. The first-order chi connectivity index (χ1) is 11.8. The van der Waals surface area contributed by atoms with Crippen molar-refractivity contribution < 1.29 is 14.7 Å². The largest absolute Gasteiger partial charge is 0.372 e. The van der Waals surface area contributed by atoms with Crippen LogP contribution in [0.15, 0.2) is 60.7 Å². The molecule has 0 aliphatic rings. The molecular formula is C20H20N2O3. The van der Waals surface area contributed by atoms with Crippen LogP contribution in [0.25, 0.3) is 12.2 Å². The summed E-state index contributed by atoms with van der Waals surface area (Å²) < 4.78 is 0. The van der Waals surface area contributed by atoms with Gasteiger partial charge in [-0.3, -0.25) is 9.59 Å². The summed E-state index contributed by atoms with van der Waals surface area (Å²) in [7, 11) is 0. The van der Waals surface area contributed by atoms with Crippen molar-refractivity contribution in [2.75, 3.05) is 0 Å². The zero-order valence-corrected chi connectivity index (χ0v) is 13.9. The van der Waals surface area contributed by atoms with E-state index < -0.39 is 17.4 Å². The lowest BCUT2D eigenvalue weighted by molar-refractivity contribution is -0.133. The Hall–Kier alpha value is -3.18. The maximum absolute atomic E-state index is 12.2. The lowest BCUT2D eigenvalue weighted by Gasteiger charge is -2.28. The topological polar surface area (TPSA) is 106 Å². The molecule has 5 N–H and O–H groups in total. The number of hydrogen-bond acceptors (Lipinski definition) is 3. The molecule has 0 spiro atoms. The number of hydrogen-bond donors (Lipinski definition) is 3. The van der Waals surface area contributed by atoms with Crippen molar-refractivity contribution in [1.82, 2.24) is 0 Å². The molecule has 5 heteroatoms. The van der Waals surface area contributed by atoms with E-state index in [0.717, 1.165) is 0 Å². The molecule has 128 valence electrons. The van der Waals surface area contributed by atoms with Crippen molar-refractivity contribution in [3.63, 3.8) is 0 Å². The highest BCUT2D eigenvalue weighted by molar-refractivity contribution is 5.97. The molecule has 2 aromatic rings. The minimum atomic E-state index is -2.03. The Morgan fingerprint density at radius 3 is 2.24 bits per heavy atom. The summed E-state index contributed by atoms with van der Waals surface area (Å²) in [5, 5.41) is 11.2. The molecule has 1 atom stereocenters. The molecule has 2 amide bonds. The number of carbonyl (C=O) groups is 2. The molecule has 0 fully saturated rings. The lowest BCUT2D eigenvalue weighted by atomic mass is 9.81. The Kier molecular flexibility index (Phi) is 5.20. The Bertz CT molecular complexity index is 856. The van der Waals surface area contributed by atoms with Gasteiger partial charge in [0.15, 0.2) is 5.60 Å². The van der Waals surface area contributed by atoms with Crippen molar-refractivity contribution in [1.29, 1.82) is 0 Å². The summed E-state index contributed by atoms with van der Waals surface area (Å²) in [6, 6.07) is 13.4. The molecule has 5 nitrogen and oxygen atoms in total. The fourth-order valence-corrected chi connectivity index (χ4v) is 2.67. The first-order valence-corrected chi connectivity index (χ1v) is 7.64. The molecule has 0 bridgehead atoms. The van der Waals surface area contributed by atoms with Crippen molar-refractivity contribution in [2.24, 2.45) is 11.5 Å². The van der Waals surface area contributed by atoms with E-state index in [1.807, 2.05) is 0 Å². The van der Waals surface area contributed by atoms with Gasteiger partial charge in [-0.1, -0.05) is 61.2 Å². The van der Waals surface area contributed by atoms with Gasteiger partial charge >= 0.3 is 0 Å². The third kappa shape index (κ3) is 3.36. The molecule has 2 rings (SSSR count). The van der Waals surface area contributed by atoms with Gasteiger partial charge in [-0.25, -0.2) is 0 Å². The van der Waals surface area contributed by atoms with E-state index in [4.69, 9.17) is 11.5 Å². The first kappa shape index (κ1) is 18.2. The average molecular weight is 336 g/mol. The van der Waals surface area contributed by atoms with Crippen LogP contribution in [-0.4, -0.2) is 16.9 Å². The van der Waals surface area contributed by atoms with Gasteiger partial charge in [-0.2, -0.15) is 0 Å². The van der Waals surface area contributed by atoms with Crippen molar-refractivity contribution in [3.05, 3.63) is 82.9 Å². The SMILES string of the molecule is C=Cc1c(/C=C(\C)C(N)=O)cccc1C(O)(C(N)=O)c1ccccc1. The normalized spacial score (nSPS) is 13.8. The summed E-state index contributed by atoms with van der Waals surface area (Å²) in [6.07, 6.45) is 3.08. The van der Waals surface area contributed by atoms with Crippen LogP contribution in [0.5, 0.6) is 0 Å². The summed E-state index contributed by atoms with van der Waals surface area (Å²) in [5.41, 5.74) is 10.9. The number of amides is 2. The average Bonchev–Trinajstić information content (AvgIpc) is 2.61. The molecule has 0 saturated carbocycles. The molecule has 25 heavy (non-hydrogen) atoms. The van der Waals surface area contributed by atoms with E-state index in [2.05, 4.69) is 6.58 Å². The highest BCUT2D eigenvalue weighted by atomic mass is 16.3. The Morgan fingerprint density at radius 1 is 1.08 bits per heavy atom. The Labute approximate surface area is 146 Å². The number of aliphatic hydroxyl groups is 1. The van der Waals surface area contributed by atoms with Gasteiger partial charge in [0, 0.05) is 11.1 Å². The maximum atomic E-state index is 12.2. The van der Waals surface area contributed by atoms with Gasteiger partial charge in [0.2, 0.25) is 5.91 Å². The molecule has 0 radical (unpaired) electrons. The quantitative estimate of drug-likeness (QED) is 0.702. The minimum Gasteiger partial charge on any atom is -0.372 e. The maximum Gasteiger partial charge on any atom is 0.258 e. The number of nitrogens with two attached hydrogens (primary N) is 2. The third-order valence-corrected chi connectivity index (χ3v) is 4.04. The Morgan fingerprint density at radius 2 is 1.72 bits per heavy atom. The van der Waals surface area contributed by atoms with Crippen LogP contribution in [0.3, 0.4) is 0 Å². The second kappa shape index (κ2) is 7.15. The van der Waals surface area contributed by atoms with E-state index in [1.165, 1.54) is 6.08 Å². The summed E-state index contributed by atoms with van der Waals surface area (Å²) >= 11 is 0. The molecule has 0 saturated heterocycles. The zero-order chi connectivity index (χ0) is 18.6. The fraction of sp³-hybridized carbons (Fsp3) is 0.100. The molecule has 0 aliphatic heterocycles. The van der Waals surface area contributed by atoms with Crippen LogP contribution in [0.4, 0.5) is 0 Å². The second-order valence-corrected chi connectivity index (χ2v) is 5.64. The lowest BCUT2D eigenvalue weighted by Crippen LogP contribution is -2.42. The van der Waals surface area contributed by atoms with E-state index in [9.17, 15) is 14.7 Å². The van der Waals surface area contributed by atoms with Crippen LogP contribution < -0.4 is 11.5 Å². The van der Waals surface area contributed by atoms with Gasteiger partial charge in [0.25, 0.3) is 5.91 Å². The zero-order valence-electron chi connectivity index (χ0n) is 13.9. The van der Waals surface area contributed by atoms with Crippen LogP contribution in [-0.2, 0) is 15.2 Å². The predicted octanol–water partition coefficient (Wildman–Crippen LogP) is 1.94. The van der Waals surface area contributed by atoms with E-state index in [1.54, 1.807) is 61.5 Å². The second-order valence-electron chi connectivity index (χ2n) is 5.64. The van der Waals surface area contributed by atoms with Gasteiger partial charge in [-0.15, -0.1) is 0 Å². The Balaban J connectivity index is 2.77. The van der Waals surface area contributed by atoms with Crippen LogP contribution in [0, 0.1) is 0 Å². The van der Waals surface area contributed by atoms with Gasteiger partial charge in [-0.05, 0) is 29.7 Å². The van der Waals surface area contributed by atoms with Gasteiger partial charge < -0.3 is 16.6 Å². The molecule has 1 unspecified atom stereocenters. The molecule has 0 heterocycles. The minimum absolute atomic E-state index is 0.284. The van der Waals surface area contributed by atoms with E-state index >= 15 is 0 Å². The van der Waals surface area contributed by atoms with Crippen LogP contribution in [0.1, 0.15) is 29.2 Å². The fourth-order valence-electron chi connectivity index (χ4n) is 2.67. The number of primary amides is 2. The molecular weight excluding hydrogens is 316 g/mol. The third-order valence-electron chi connectivity index (χ3n) is 4.04. The van der Waals surface area contributed by atoms with Crippen LogP contribution in [0.2, 0.25) is 0 Å². The summed E-state index contributed by atoms with van der Waals surface area (Å²) in [4.78, 5) is 23.5.